The summed E-state index contributed by atoms with van der Waals surface area (Å²) in [5.74, 6) is -0.259. The zero-order chi connectivity index (χ0) is 14.2. The molecule has 0 spiro atoms. The number of hydrogen-bond donors (Lipinski definition) is 0. The Morgan fingerprint density at radius 2 is 1.50 bits per heavy atom. The zero-order valence-corrected chi connectivity index (χ0v) is 11.6. The van der Waals surface area contributed by atoms with E-state index in [0.717, 1.165) is 12.0 Å². The van der Waals surface area contributed by atoms with Crippen molar-refractivity contribution in [1.82, 2.24) is 0 Å². The molecule has 20 heavy (non-hydrogen) atoms. The van der Waals surface area contributed by atoms with Crippen molar-refractivity contribution in [3.05, 3.63) is 83.4 Å². The average Bonchev–Trinajstić information content (AvgIpc) is 2.52. The van der Waals surface area contributed by atoms with E-state index in [1.807, 2.05) is 66.7 Å². The SMILES string of the molecule is CC(=CCc1ccccc1)C(=O)OCc1ccccc1. The Hall–Kier alpha value is -2.35. The minimum atomic E-state index is -0.259. The van der Waals surface area contributed by atoms with E-state index in [4.69, 9.17) is 4.74 Å². The first-order valence-electron chi connectivity index (χ1n) is 6.67. The Bertz CT molecular complexity index is 571. The maximum absolute atomic E-state index is 11.8. The number of esters is 1. The molecule has 2 nitrogen and oxygen atoms in total. The number of allylic oxidation sites excluding steroid dienone is 1. The number of rotatable bonds is 5. The van der Waals surface area contributed by atoms with Crippen molar-refractivity contribution in [3.63, 3.8) is 0 Å². The van der Waals surface area contributed by atoms with Crippen LogP contribution in [0.3, 0.4) is 0 Å². The number of carbonyl (C=O) groups is 1. The van der Waals surface area contributed by atoms with Crippen LogP contribution in [-0.4, -0.2) is 5.97 Å². The highest BCUT2D eigenvalue weighted by Crippen LogP contribution is 2.07. The van der Waals surface area contributed by atoms with Gasteiger partial charge in [0.1, 0.15) is 6.61 Å². The smallest absolute Gasteiger partial charge is 0.333 e. The summed E-state index contributed by atoms with van der Waals surface area (Å²) in [5, 5.41) is 0. The Morgan fingerprint density at radius 3 is 2.10 bits per heavy atom. The lowest BCUT2D eigenvalue weighted by atomic mass is 10.1. The molecule has 0 fully saturated rings. The fourth-order valence-corrected chi connectivity index (χ4v) is 1.81. The molecule has 0 aliphatic rings. The van der Waals surface area contributed by atoms with Crippen LogP contribution in [0.25, 0.3) is 0 Å². The second-order valence-corrected chi connectivity index (χ2v) is 4.64. The minimum absolute atomic E-state index is 0.259. The van der Waals surface area contributed by atoms with E-state index in [2.05, 4.69) is 0 Å². The largest absolute Gasteiger partial charge is 0.457 e. The van der Waals surface area contributed by atoms with Gasteiger partial charge >= 0.3 is 5.97 Å². The van der Waals surface area contributed by atoms with Crippen LogP contribution in [-0.2, 0) is 22.6 Å². The molecule has 2 rings (SSSR count). The third-order valence-electron chi connectivity index (χ3n) is 3.02. The first-order valence-corrected chi connectivity index (χ1v) is 6.67. The molecule has 0 saturated heterocycles. The third-order valence-corrected chi connectivity index (χ3v) is 3.02. The summed E-state index contributed by atoms with van der Waals surface area (Å²) < 4.78 is 5.27. The average molecular weight is 266 g/mol. The molecule has 0 unspecified atom stereocenters. The molecule has 2 aromatic carbocycles. The molecule has 0 aliphatic carbocycles. The van der Waals surface area contributed by atoms with Gasteiger partial charge in [0.25, 0.3) is 0 Å². The van der Waals surface area contributed by atoms with Crippen molar-refractivity contribution in [3.8, 4) is 0 Å². The second kappa shape index (κ2) is 7.29. The quantitative estimate of drug-likeness (QED) is 0.605. The van der Waals surface area contributed by atoms with Gasteiger partial charge in [-0.05, 0) is 24.5 Å². The van der Waals surface area contributed by atoms with Crippen molar-refractivity contribution in [2.45, 2.75) is 20.0 Å². The lowest BCUT2D eigenvalue weighted by Gasteiger charge is -2.05. The Labute approximate surface area is 119 Å². The van der Waals surface area contributed by atoms with Crippen LogP contribution in [0.4, 0.5) is 0 Å². The van der Waals surface area contributed by atoms with Crippen molar-refractivity contribution >= 4 is 5.97 Å². The van der Waals surface area contributed by atoms with Gasteiger partial charge in [-0.15, -0.1) is 0 Å². The minimum Gasteiger partial charge on any atom is -0.457 e. The molecular weight excluding hydrogens is 248 g/mol. The van der Waals surface area contributed by atoms with Crippen LogP contribution >= 0.6 is 0 Å². The van der Waals surface area contributed by atoms with Gasteiger partial charge in [0.05, 0.1) is 0 Å². The molecule has 0 aliphatic heterocycles. The topological polar surface area (TPSA) is 26.3 Å². The van der Waals surface area contributed by atoms with E-state index in [0.29, 0.717) is 12.2 Å². The highest BCUT2D eigenvalue weighted by atomic mass is 16.5. The van der Waals surface area contributed by atoms with Crippen LogP contribution in [0.1, 0.15) is 18.1 Å². The first kappa shape index (κ1) is 14.1. The lowest BCUT2D eigenvalue weighted by molar-refractivity contribution is -0.140. The summed E-state index contributed by atoms with van der Waals surface area (Å²) in [6, 6.07) is 19.7. The van der Waals surface area contributed by atoms with Crippen molar-refractivity contribution in [1.29, 1.82) is 0 Å². The second-order valence-electron chi connectivity index (χ2n) is 4.64. The van der Waals surface area contributed by atoms with E-state index < -0.39 is 0 Å². The molecule has 102 valence electrons. The van der Waals surface area contributed by atoms with Gasteiger partial charge in [-0.1, -0.05) is 66.7 Å². The lowest BCUT2D eigenvalue weighted by Crippen LogP contribution is -2.06. The Kier molecular flexibility index (Phi) is 5.13. The van der Waals surface area contributed by atoms with Crippen molar-refractivity contribution in [2.24, 2.45) is 0 Å². The number of carbonyl (C=O) groups excluding carboxylic acids is 1. The van der Waals surface area contributed by atoms with Gasteiger partial charge in [-0.25, -0.2) is 4.79 Å². The van der Waals surface area contributed by atoms with Crippen LogP contribution in [0.2, 0.25) is 0 Å². The molecule has 2 heteroatoms. The van der Waals surface area contributed by atoms with Gasteiger partial charge in [0, 0.05) is 5.57 Å². The molecular formula is C18H18O2. The molecule has 0 aromatic heterocycles. The summed E-state index contributed by atoms with van der Waals surface area (Å²) in [5.41, 5.74) is 2.82. The monoisotopic (exact) mass is 266 g/mol. The van der Waals surface area contributed by atoms with Gasteiger partial charge in [-0.3, -0.25) is 0 Å². The van der Waals surface area contributed by atoms with Gasteiger partial charge < -0.3 is 4.74 Å². The third kappa shape index (κ3) is 4.39. The molecule has 0 N–H and O–H groups in total. The van der Waals surface area contributed by atoms with E-state index in [-0.39, 0.29) is 5.97 Å². The molecule has 0 heterocycles. The van der Waals surface area contributed by atoms with E-state index in [1.54, 1.807) is 6.92 Å². The van der Waals surface area contributed by atoms with E-state index >= 15 is 0 Å². The Morgan fingerprint density at radius 1 is 0.950 bits per heavy atom. The van der Waals surface area contributed by atoms with Crippen LogP contribution in [0, 0.1) is 0 Å². The van der Waals surface area contributed by atoms with E-state index in [9.17, 15) is 4.79 Å². The predicted octanol–water partition coefficient (Wildman–Crippen LogP) is 3.92. The predicted molar refractivity (Wildman–Crippen MR) is 80.1 cm³/mol. The summed E-state index contributed by atoms with van der Waals surface area (Å²) in [6.07, 6.45) is 2.65. The maximum atomic E-state index is 11.8. The summed E-state index contributed by atoms with van der Waals surface area (Å²) in [6.45, 7) is 2.10. The van der Waals surface area contributed by atoms with Crippen LogP contribution in [0.5, 0.6) is 0 Å². The van der Waals surface area contributed by atoms with Crippen molar-refractivity contribution < 1.29 is 9.53 Å². The van der Waals surface area contributed by atoms with Crippen LogP contribution in [0.15, 0.2) is 72.3 Å². The normalized spacial score (nSPS) is 11.2. The number of hydrogen-bond acceptors (Lipinski definition) is 2. The number of ether oxygens (including phenoxy) is 1. The fraction of sp³-hybridized carbons (Fsp3) is 0.167. The summed E-state index contributed by atoms with van der Waals surface area (Å²) >= 11 is 0. The first-order chi connectivity index (χ1) is 9.75. The maximum Gasteiger partial charge on any atom is 0.333 e. The fourth-order valence-electron chi connectivity index (χ4n) is 1.81. The molecule has 0 saturated carbocycles. The highest BCUT2D eigenvalue weighted by Gasteiger charge is 2.05. The summed E-state index contributed by atoms with van der Waals surface area (Å²) in [7, 11) is 0. The molecule has 0 radical (unpaired) electrons. The Balaban J connectivity index is 1.85. The summed E-state index contributed by atoms with van der Waals surface area (Å²) in [4.78, 5) is 11.8. The highest BCUT2D eigenvalue weighted by molar-refractivity contribution is 5.87. The van der Waals surface area contributed by atoms with Gasteiger partial charge in [0.2, 0.25) is 0 Å². The van der Waals surface area contributed by atoms with E-state index in [1.165, 1.54) is 5.56 Å². The van der Waals surface area contributed by atoms with Crippen LogP contribution < -0.4 is 0 Å². The molecule has 0 atom stereocenters. The molecule has 0 amide bonds. The molecule has 0 bridgehead atoms. The van der Waals surface area contributed by atoms with Gasteiger partial charge in [-0.2, -0.15) is 0 Å². The molecule has 2 aromatic rings. The van der Waals surface area contributed by atoms with Gasteiger partial charge in [0.15, 0.2) is 0 Å². The zero-order valence-electron chi connectivity index (χ0n) is 11.6. The van der Waals surface area contributed by atoms with Crippen molar-refractivity contribution in [2.75, 3.05) is 0 Å². The standard InChI is InChI=1S/C18H18O2/c1-15(12-13-16-8-4-2-5-9-16)18(19)20-14-17-10-6-3-7-11-17/h2-12H,13-14H2,1H3. The number of benzene rings is 2.